The molecule has 1 aliphatic heterocycles. The van der Waals surface area contributed by atoms with E-state index in [1.165, 1.54) is 0 Å². The largest absolute Gasteiger partial charge is 0.493 e. The lowest BCUT2D eigenvalue weighted by Crippen LogP contribution is -2.41. The highest BCUT2D eigenvalue weighted by Gasteiger charge is 2.48. The number of hydrogen-bond acceptors (Lipinski definition) is 7. The highest BCUT2D eigenvalue weighted by atomic mass is 35.5. The van der Waals surface area contributed by atoms with E-state index in [1.807, 2.05) is 59.5 Å². The molecule has 0 radical (unpaired) electrons. The summed E-state index contributed by atoms with van der Waals surface area (Å²) in [5.41, 5.74) is 2.24. The van der Waals surface area contributed by atoms with Crippen molar-refractivity contribution in [2.75, 3.05) is 32.8 Å². The Morgan fingerprint density at radius 3 is 2.12 bits per heavy atom. The summed E-state index contributed by atoms with van der Waals surface area (Å²) in [7, 11) is 4.64. The smallest absolute Gasteiger partial charge is 0.339 e. The maximum atomic E-state index is 13.6. The molecule has 0 bridgehead atoms. The molecule has 2 atom stereocenters. The summed E-state index contributed by atoms with van der Waals surface area (Å²) in [6.07, 6.45) is 1.15. The maximum absolute atomic E-state index is 13.6. The molecule has 4 aromatic carbocycles. The highest BCUT2D eigenvalue weighted by Crippen LogP contribution is 2.49. The molecule has 0 amide bonds. The third-order valence-corrected chi connectivity index (χ3v) is 7.54. The second-order valence-corrected chi connectivity index (χ2v) is 10.2. The van der Waals surface area contributed by atoms with Gasteiger partial charge in [-0.25, -0.2) is 4.79 Å². The van der Waals surface area contributed by atoms with Gasteiger partial charge in [0.25, 0.3) is 0 Å². The number of anilines is 1. The summed E-state index contributed by atoms with van der Waals surface area (Å²) in [5.74, 6) is 0.911. The Bertz CT molecular complexity index is 1520. The van der Waals surface area contributed by atoms with E-state index in [4.69, 9.17) is 30.5 Å². The van der Waals surface area contributed by atoms with Gasteiger partial charge in [-0.05, 0) is 53.6 Å². The van der Waals surface area contributed by atoms with Crippen molar-refractivity contribution in [3.05, 3.63) is 118 Å². The van der Waals surface area contributed by atoms with Gasteiger partial charge in [-0.1, -0.05) is 60.1 Å². The van der Waals surface area contributed by atoms with Gasteiger partial charge >= 0.3 is 5.97 Å². The SMILES string of the molecule is COc1cc(CC2(OC(=O)c3ccccc3)CN(C(C=O)c3ccccc3)c3ccc(Cl)cc32)cc(OC)c1OC. The summed E-state index contributed by atoms with van der Waals surface area (Å²) in [5, 5.41) is 0.484. The van der Waals surface area contributed by atoms with Crippen molar-refractivity contribution in [3.8, 4) is 17.2 Å². The molecule has 41 heavy (non-hydrogen) atoms. The number of benzene rings is 4. The summed E-state index contributed by atoms with van der Waals surface area (Å²) in [6, 6.07) is 26.8. The summed E-state index contributed by atoms with van der Waals surface area (Å²) >= 11 is 6.54. The summed E-state index contributed by atoms with van der Waals surface area (Å²) in [6.45, 7) is 0.205. The zero-order valence-corrected chi connectivity index (χ0v) is 23.8. The van der Waals surface area contributed by atoms with E-state index >= 15 is 0 Å². The van der Waals surface area contributed by atoms with Crippen molar-refractivity contribution in [1.82, 2.24) is 0 Å². The Morgan fingerprint density at radius 1 is 0.902 bits per heavy atom. The molecule has 1 aliphatic rings. The third kappa shape index (κ3) is 5.45. The molecule has 1 heterocycles. The Labute approximate surface area is 244 Å². The number of nitrogens with zero attached hydrogens (tertiary/aromatic N) is 1. The first kappa shape index (κ1) is 28.1. The maximum Gasteiger partial charge on any atom is 0.339 e. The topological polar surface area (TPSA) is 74.3 Å². The van der Waals surface area contributed by atoms with Crippen LogP contribution in [0.15, 0.2) is 91.0 Å². The van der Waals surface area contributed by atoms with E-state index in [-0.39, 0.29) is 13.0 Å². The van der Waals surface area contributed by atoms with Crippen LogP contribution in [0.25, 0.3) is 0 Å². The van der Waals surface area contributed by atoms with E-state index < -0.39 is 17.6 Å². The molecule has 0 spiro atoms. The third-order valence-electron chi connectivity index (χ3n) is 7.30. The number of carbonyl (C=O) groups is 2. The summed E-state index contributed by atoms with van der Waals surface area (Å²) in [4.78, 5) is 28.2. The average molecular weight is 572 g/mol. The monoisotopic (exact) mass is 571 g/mol. The zero-order valence-electron chi connectivity index (χ0n) is 23.0. The first-order chi connectivity index (χ1) is 19.9. The van der Waals surface area contributed by atoms with Crippen LogP contribution < -0.4 is 19.1 Å². The van der Waals surface area contributed by atoms with Crippen molar-refractivity contribution in [3.63, 3.8) is 0 Å². The van der Waals surface area contributed by atoms with Crippen molar-refractivity contribution in [1.29, 1.82) is 0 Å². The Morgan fingerprint density at radius 2 is 1.54 bits per heavy atom. The van der Waals surface area contributed by atoms with Crippen LogP contribution in [0.3, 0.4) is 0 Å². The number of fused-ring (bicyclic) bond motifs is 1. The van der Waals surface area contributed by atoms with Gasteiger partial charge in [-0.15, -0.1) is 0 Å². The van der Waals surface area contributed by atoms with Crippen molar-refractivity contribution in [2.24, 2.45) is 0 Å². The fourth-order valence-corrected chi connectivity index (χ4v) is 5.62. The molecule has 4 aromatic rings. The van der Waals surface area contributed by atoms with E-state index in [1.54, 1.807) is 57.7 Å². The predicted octanol–water partition coefficient (Wildman–Crippen LogP) is 6.42. The van der Waals surface area contributed by atoms with Gasteiger partial charge in [0.2, 0.25) is 5.75 Å². The van der Waals surface area contributed by atoms with Gasteiger partial charge in [-0.2, -0.15) is 0 Å². The van der Waals surface area contributed by atoms with Crippen LogP contribution in [0.4, 0.5) is 5.69 Å². The van der Waals surface area contributed by atoms with Crippen LogP contribution in [0.1, 0.15) is 33.1 Å². The average Bonchev–Trinajstić information content (AvgIpc) is 3.30. The van der Waals surface area contributed by atoms with Gasteiger partial charge in [-0.3, -0.25) is 0 Å². The Kier molecular flexibility index (Phi) is 8.17. The van der Waals surface area contributed by atoms with E-state index in [9.17, 15) is 9.59 Å². The first-order valence-electron chi connectivity index (χ1n) is 13.1. The van der Waals surface area contributed by atoms with Crippen LogP contribution in [0.5, 0.6) is 17.2 Å². The quantitative estimate of drug-likeness (QED) is 0.161. The van der Waals surface area contributed by atoms with E-state index in [0.29, 0.717) is 33.4 Å². The molecule has 0 aliphatic carbocycles. The molecule has 210 valence electrons. The number of hydrogen-bond donors (Lipinski definition) is 0. The van der Waals surface area contributed by atoms with Crippen LogP contribution in [-0.4, -0.2) is 40.1 Å². The molecule has 0 N–H and O–H groups in total. The Balaban J connectivity index is 1.67. The summed E-state index contributed by atoms with van der Waals surface area (Å²) < 4.78 is 23.2. The zero-order chi connectivity index (χ0) is 29.0. The number of rotatable bonds is 10. The van der Waals surface area contributed by atoms with Crippen LogP contribution in [0, 0.1) is 0 Å². The van der Waals surface area contributed by atoms with Gasteiger partial charge < -0.3 is 28.6 Å². The molecule has 2 unspecified atom stereocenters. The normalized spacial score (nSPS) is 16.4. The highest BCUT2D eigenvalue weighted by molar-refractivity contribution is 6.30. The minimum Gasteiger partial charge on any atom is -0.493 e. The molecule has 7 nitrogen and oxygen atoms in total. The number of halogens is 1. The molecular weight excluding hydrogens is 542 g/mol. The first-order valence-corrected chi connectivity index (χ1v) is 13.4. The lowest BCUT2D eigenvalue weighted by atomic mass is 9.88. The molecule has 0 aromatic heterocycles. The fraction of sp³-hybridized carbons (Fsp3) is 0.212. The second kappa shape index (κ2) is 11.9. The van der Waals surface area contributed by atoms with Crippen molar-refractivity contribution in [2.45, 2.75) is 18.1 Å². The lowest BCUT2D eigenvalue weighted by Gasteiger charge is -2.33. The van der Waals surface area contributed by atoms with Crippen LogP contribution in [-0.2, 0) is 21.6 Å². The minimum absolute atomic E-state index is 0.205. The standard InChI is InChI=1S/C33H30ClNO6/c1-38-29-16-22(17-30(39-2)31(29)40-3)19-33(41-32(37)24-12-8-5-9-13-24)21-35(27-15-14-25(34)18-26(27)33)28(20-36)23-10-6-4-7-11-23/h4-18,20,28H,19,21H2,1-3H3. The predicted molar refractivity (Wildman–Crippen MR) is 157 cm³/mol. The van der Waals surface area contributed by atoms with Crippen LogP contribution in [0.2, 0.25) is 5.02 Å². The van der Waals surface area contributed by atoms with Gasteiger partial charge in [0.05, 0.1) is 33.4 Å². The number of aldehydes is 1. The fourth-order valence-electron chi connectivity index (χ4n) is 5.45. The second-order valence-electron chi connectivity index (χ2n) is 9.74. The van der Waals surface area contributed by atoms with E-state index in [0.717, 1.165) is 23.1 Å². The molecule has 5 rings (SSSR count). The Hall–Kier alpha value is -4.49. The molecule has 0 fully saturated rings. The number of methoxy groups -OCH3 is 3. The van der Waals surface area contributed by atoms with Crippen molar-refractivity contribution >= 4 is 29.5 Å². The minimum atomic E-state index is -1.21. The van der Waals surface area contributed by atoms with Gasteiger partial charge in [0.15, 0.2) is 17.1 Å². The number of carbonyl (C=O) groups excluding carboxylic acids is 2. The number of esters is 1. The molecule has 0 saturated carbocycles. The van der Waals surface area contributed by atoms with Gasteiger partial charge in [0, 0.05) is 22.7 Å². The number of ether oxygens (including phenoxy) is 4. The molecular formula is C33H30ClNO6. The van der Waals surface area contributed by atoms with Gasteiger partial charge in [0.1, 0.15) is 12.3 Å². The van der Waals surface area contributed by atoms with E-state index in [2.05, 4.69) is 0 Å². The lowest BCUT2D eigenvalue weighted by molar-refractivity contribution is -0.109. The van der Waals surface area contributed by atoms with Crippen molar-refractivity contribution < 1.29 is 28.5 Å². The molecule has 0 saturated heterocycles. The molecule has 8 heteroatoms. The van der Waals surface area contributed by atoms with Crippen LogP contribution >= 0.6 is 11.6 Å².